The summed E-state index contributed by atoms with van der Waals surface area (Å²) in [6, 6.07) is 0.268. The molecule has 4 saturated carbocycles. The fourth-order valence-corrected chi connectivity index (χ4v) is 5.32. The summed E-state index contributed by atoms with van der Waals surface area (Å²) < 4.78 is 6.36. The van der Waals surface area contributed by atoms with Crippen molar-refractivity contribution < 1.29 is 9.53 Å². The van der Waals surface area contributed by atoms with Gasteiger partial charge in [-0.15, -0.1) is 0 Å². The lowest BCUT2D eigenvalue weighted by atomic mass is 9.64. The highest BCUT2D eigenvalue weighted by Gasteiger charge is 2.52. The van der Waals surface area contributed by atoms with Gasteiger partial charge in [0.15, 0.2) is 0 Å². The Kier molecular flexibility index (Phi) is 5.82. The summed E-state index contributed by atoms with van der Waals surface area (Å²) in [5.41, 5.74) is 5.50. The Labute approximate surface area is 145 Å². The molecule has 0 aliphatic heterocycles. The van der Waals surface area contributed by atoms with Crippen LogP contribution in [0.3, 0.4) is 0 Å². The minimum absolute atomic E-state index is 0.0438. The average Bonchev–Trinajstić information content (AvgIpc) is 2.76. The van der Waals surface area contributed by atoms with Gasteiger partial charge < -0.3 is 21.1 Å². The summed E-state index contributed by atoms with van der Waals surface area (Å²) in [4.78, 5) is 12.2. The van der Waals surface area contributed by atoms with E-state index in [1.165, 1.54) is 32.1 Å². The molecule has 2 amide bonds. The first-order chi connectivity index (χ1) is 11.7. The van der Waals surface area contributed by atoms with Gasteiger partial charge in [0.2, 0.25) is 0 Å². The average molecular weight is 335 g/mol. The van der Waals surface area contributed by atoms with Crippen LogP contribution < -0.4 is 16.4 Å². The van der Waals surface area contributed by atoms with Crippen molar-refractivity contribution in [2.45, 2.75) is 63.5 Å². The largest absolute Gasteiger partial charge is 0.375 e. The molecule has 4 aliphatic carbocycles. The highest BCUT2D eigenvalue weighted by atomic mass is 16.5. The fraction of sp³-hybridized carbons (Fsp3) is 0.842. The third-order valence-corrected chi connectivity index (χ3v) is 6.15. The van der Waals surface area contributed by atoms with Gasteiger partial charge >= 0.3 is 6.03 Å². The van der Waals surface area contributed by atoms with Crippen molar-refractivity contribution in [3.63, 3.8) is 0 Å². The van der Waals surface area contributed by atoms with Crippen LogP contribution in [0.4, 0.5) is 4.79 Å². The molecular weight excluding hydrogens is 302 g/mol. The number of hydrogen-bond donors (Lipinski definition) is 3. The van der Waals surface area contributed by atoms with Gasteiger partial charge in [0.05, 0.1) is 5.60 Å². The summed E-state index contributed by atoms with van der Waals surface area (Å²) in [5, 5.41) is 6.20. The second-order valence-corrected chi connectivity index (χ2v) is 7.92. The Hall–Kier alpha value is -1.07. The molecule has 0 radical (unpaired) electrons. The Balaban J connectivity index is 1.60. The molecule has 0 saturated heterocycles. The first-order valence-corrected chi connectivity index (χ1v) is 9.69. The maximum absolute atomic E-state index is 12.2. The number of amides is 2. The molecule has 5 nitrogen and oxygen atoms in total. The Morgan fingerprint density at radius 3 is 2.92 bits per heavy atom. The molecule has 4 bridgehead atoms. The zero-order valence-electron chi connectivity index (χ0n) is 14.9. The second-order valence-electron chi connectivity index (χ2n) is 7.92. The maximum Gasteiger partial charge on any atom is 0.315 e. The third kappa shape index (κ3) is 3.94. The fourth-order valence-electron chi connectivity index (χ4n) is 5.32. The SMILES string of the molecule is CCCOC12CCC3C[C@@H](CC(C1)C3NC(=O)NC/C=C/CN)C2. The van der Waals surface area contributed by atoms with Gasteiger partial charge in [-0.1, -0.05) is 19.1 Å². The van der Waals surface area contributed by atoms with Crippen molar-refractivity contribution in [3.05, 3.63) is 12.2 Å². The lowest BCUT2D eigenvalue weighted by Crippen LogP contribution is -2.54. The van der Waals surface area contributed by atoms with Crippen molar-refractivity contribution in [1.29, 1.82) is 0 Å². The van der Waals surface area contributed by atoms with E-state index in [4.69, 9.17) is 10.5 Å². The number of hydrogen-bond acceptors (Lipinski definition) is 3. The van der Waals surface area contributed by atoms with Crippen LogP contribution in [0.2, 0.25) is 0 Å². The van der Waals surface area contributed by atoms with Gasteiger partial charge in [-0.2, -0.15) is 0 Å². The van der Waals surface area contributed by atoms with E-state index in [-0.39, 0.29) is 11.6 Å². The predicted molar refractivity (Wildman–Crippen MR) is 95.7 cm³/mol. The molecule has 4 fully saturated rings. The van der Waals surface area contributed by atoms with E-state index in [9.17, 15) is 4.79 Å². The smallest absolute Gasteiger partial charge is 0.315 e. The predicted octanol–water partition coefficient (Wildman–Crippen LogP) is 2.56. The second kappa shape index (κ2) is 7.87. The molecular formula is C19H33N3O2. The summed E-state index contributed by atoms with van der Waals surface area (Å²) in [5.74, 6) is 1.99. The van der Waals surface area contributed by atoms with Gasteiger partial charge in [-0.3, -0.25) is 0 Å². The van der Waals surface area contributed by atoms with Crippen molar-refractivity contribution >= 4 is 6.03 Å². The molecule has 136 valence electrons. The Bertz CT molecular complexity index is 468. The molecule has 0 spiro atoms. The molecule has 24 heavy (non-hydrogen) atoms. The monoisotopic (exact) mass is 335 g/mol. The van der Waals surface area contributed by atoms with Crippen molar-refractivity contribution in [3.8, 4) is 0 Å². The minimum Gasteiger partial charge on any atom is -0.375 e. The standard InChI is InChI=1S/C19H33N3O2/c1-2-9-24-19-6-5-15-10-14(12-19)11-16(13-19)17(15)22-18(23)21-8-4-3-7-20/h3-4,14-17H,2,5-13,20H2,1H3,(H2,21,22,23)/b4-3+/t14-,15?,16?,17?,19?/m0/s1. The minimum atomic E-state index is -0.0438. The number of nitrogens with one attached hydrogen (secondary N) is 2. The normalized spacial score (nSPS) is 37.6. The lowest BCUT2D eigenvalue weighted by Gasteiger charge is -2.48. The van der Waals surface area contributed by atoms with E-state index in [0.717, 1.165) is 25.4 Å². The summed E-state index contributed by atoms with van der Waals surface area (Å²) in [6.45, 7) is 4.10. The van der Waals surface area contributed by atoms with Crippen LogP contribution in [-0.2, 0) is 4.74 Å². The Morgan fingerprint density at radius 2 is 2.12 bits per heavy atom. The molecule has 0 heterocycles. The number of rotatable bonds is 7. The van der Waals surface area contributed by atoms with Crippen molar-refractivity contribution in [1.82, 2.24) is 10.6 Å². The van der Waals surface area contributed by atoms with Gasteiger partial charge in [0.1, 0.15) is 0 Å². The van der Waals surface area contributed by atoms with E-state index in [1.807, 2.05) is 12.2 Å². The zero-order chi connectivity index (χ0) is 17.0. The van der Waals surface area contributed by atoms with Crippen LogP contribution in [0.1, 0.15) is 51.9 Å². The molecule has 4 N–H and O–H groups in total. The first kappa shape index (κ1) is 17.7. The van der Waals surface area contributed by atoms with Crippen LogP contribution in [0, 0.1) is 17.8 Å². The van der Waals surface area contributed by atoms with E-state index in [1.54, 1.807) is 0 Å². The van der Waals surface area contributed by atoms with Crippen LogP contribution in [0.25, 0.3) is 0 Å². The van der Waals surface area contributed by atoms with Gasteiger partial charge in [-0.05, 0) is 62.7 Å². The molecule has 4 unspecified atom stereocenters. The topological polar surface area (TPSA) is 76.4 Å². The van der Waals surface area contributed by atoms with Crippen LogP contribution in [-0.4, -0.2) is 37.4 Å². The molecule has 5 heteroatoms. The van der Waals surface area contributed by atoms with Crippen LogP contribution >= 0.6 is 0 Å². The summed E-state index contributed by atoms with van der Waals surface area (Å²) in [6.07, 6.45) is 12.1. The highest BCUT2D eigenvalue weighted by Crippen LogP contribution is 2.54. The van der Waals surface area contributed by atoms with Crippen LogP contribution in [0.5, 0.6) is 0 Å². The summed E-state index contributed by atoms with van der Waals surface area (Å²) in [7, 11) is 0. The number of carbonyl (C=O) groups is 1. The van der Waals surface area contributed by atoms with E-state index < -0.39 is 0 Å². The lowest BCUT2D eigenvalue weighted by molar-refractivity contribution is -0.102. The molecule has 4 aliphatic rings. The number of carbonyl (C=O) groups excluding carboxylic acids is 1. The van der Waals surface area contributed by atoms with Crippen molar-refractivity contribution in [2.75, 3.05) is 19.7 Å². The number of urea groups is 1. The number of ether oxygens (including phenoxy) is 1. The molecule has 0 aromatic heterocycles. The molecule has 0 aromatic rings. The number of nitrogens with two attached hydrogens (primary N) is 1. The Morgan fingerprint density at radius 1 is 1.29 bits per heavy atom. The van der Waals surface area contributed by atoms with E-state index in [2.05, 4.69) is 17.6 Å². The summed E-state index contributed by atoms with van der Waals surface area (Å²) >= 11 is 0. The van der Waals surface area contributed by atoms with Gasteiger partial charge in [0.25, 0.3) is 0 Å². The zero-order valence-corrected chi connectivity index (χ0v) is 14.9. The number of fused-ring (bicyclic) bond motifs is 1. The van der Waals surface area contributed by atoms with E-state index in [0.29, 0.717) is 31.0 Å². The maximum atomic E-state index is 12.2. The highest BCUT2D eigenvalue weighted by molar-refractivity contribution is 5.74. The quantitative estimate of drug-likeness (QED) is 0.626. The van der Waals surface area contributed by atoms with E-state index >= 15 is 0 Å². The molecule has 5 atom stereocenters. The first-order valence-electron chi connectivity index (χ1n) is 9.69. The van der Waals surface area contributed by atoms with Crippen LogP contribution in [0.15, 0.2) is 12.2 Å². The van der Waals surface area contributed by atoms with Crippen molar-refractivity contribution in [2.24, 2.45) is 23.5 Å². The third-order valence-electron chi connectivity index (χ3n) is 6.15. The van der Waals surface area contributed by atoms with Gasteiger partial charge in [-0.25, -0.2) is 4.79 Å². The molecule has 4 rings (SSSR count). The van der Waals surface area contributed by atoms with Gasteiger partial charge in [0, 0.05) is 25.7 Å². The molecule has 0 aromatic carbocycles.